The van der Waals surface area contributed by atoms with Gasteiger partial charge in [-0.15, -0.1) is 0 Å². The summed E-state index contributed by atoms with van der Waals surface area (Å²) in [5, 5.41) is 12.6. The molecule has 0 aromatic heterocycles. The molecule has 5 N–H and O–H groups in total. The molecule has 2 aliphatic heterocycles. The van der Waals surface area contributed by atoms with Gasteiger partial charge in [-0.25, -0.2) is 9.98 Å². The van der Waals surface area contributed by atoms with Crippen LogP contribution in [0.2, 0.25) is 0 Å². The number of guanidine groups is 1. The molecule has 0 saturated carbocycles. The molecule has 2 heterocycles. The van der Waals surface area contributed by atoms with Crippen molar-refractivity contribution in [1.82, 2.24) is 5.32 Å². The zero-order valence-electron chi connectivity index (χ0n) is 13.2. The summed E-state index contributed by atoms with van der Waals surface area (Å²) in [6.07, 6.45) is 2.94. The van der Waals surface area contributed by atoms with Gasteiger partial charge < -0.3 is 16.8 Å². The first kappa shape index (κ1) is 15.9. The van der Waals surface area contributed by atoms with E-state index in [9.17, 15) is 10.1 Å². The zero-order chi connectivity index (χ0) is 17.6. The number of aliphatic imine (C=N–C) groups is 2. The van der Waals surface area contributed by atoms with Crippen molar-refractivity contribution in [3.63, 3.8) is 0 Å². The molecule has 0 radical (unpaired) electrons. The maximum absolute atomic E-state index is 11.7. The van der Waals surface area contributed by atoms with Crippen molar-refractivity contribution in [2.75, 3.05) is 0 Å². The van der Waals surface area contributed by atoms with E-state index in [4.69, 9.17) is 16.5 Å². The van der Waals surface area contributed by atoms with Gasteiger partial charge >= 0.3 is 0 Å². The zero-order valence-corrected chi connectivity index (χ0v) is 14.0. The van der Waals surface area contributed by atoms with E-state index in [1.165, 1.54) is 11.8 Å². The van der Waals surface area contributed by atoms with Crippen LogP contribution in [-0.2, 0) is 4.79 Å². The number of benzene rings is 1. The number of nitriles is 1. The molecule has 0 bridgehead atoms. The first-order valence-electron chi connectivity index (χ1n) is 7.91. The number of carbonyl (C=O) groups excluding carboxylic acids is 1. The number of nitrogens with two attached hydrogens (primary N) is 2. The Morgan fingerprint density at radius 3 is 2.92 bits per heavy atom. The summed E-state index contributed by atoms with van der Waals surface area (Å²) in [7, 11) is 0. The summed E-state index contributed by atoms with van der Waals surface area (Å²) in [6.45, 7) is 0. The van der Waals surface area contributed by atoms with E-state index in [0.29, 0.717) is 11.5 Å². The largest absolute Gasteiger partial charge is 0.369 e. The maximum atomic E-state index is 11.7. The van der Waals surface area contributed by atoms with E-state index in [0.717, 1.165) is 22.7 Å². The lowest BCUT2D eigenvalue weighted by Gasteiger charge is -2.28. The number of primary amides is 1. The van der Waals surface area contributed by atoms with E-state index in [-0.39, 0.29) is 12.0 Å². The maximum Gasteiger partial charge on any atom is 0.232 e. The van der Waals surface area contributed by atoms with Crippen LogP contribution >= 0.6 is 11.8 Å². The third-order valence-electron chi connectivity index (χ3n) is 4.43. The van der Waals surface area contributed by atoms with Crippen molar-refractivity contribution in [3.8, 4) is 6.07 Å². The van der Waals surface area contributed by atoms with Gasteiger partial charge in [0.2, 0.25) is 11.9 Å². The van der Waals surface area contributed by atoms with Crippen LogP contribution in [0.1, 0.15) is 23.6 Å². The van der Waals surface area contributed by atoms with Crippen LogP contribution in [0.5, 0.6) is 0 Å². The molecule has 0 spiro atoms. The van der Waals surface area contributed by atoms with Gasteiger partial charge in [0.15, 0.2) is 0 Å². The summed E-state index contributed by atoms with van der Waals surface area (Å²) in [5.74, 6) is -0.166. The lowest BCUT2D eigenvalue weighted by molar-refractivity contribution is -0.117. The second kappa shape index (κ2) is 6.02. The third-order valence-corrected chi connectivity index (χ3v) is 5.84. The number of nitrogens with one attached hydrogen (secondary N) is 1. The van der Waals surface area contributed by atoms with Crippen molar-refractivity contribution in [2.24, 2.45) is 27.4 Å². The van der Waals surface area contributed by atoms with Gasteiger partial charge in [-0.05, 0) is 17.7 Å². The predicted molar refractivity (Wildman–Crippen MR) is 96.6 cm³/mol. The number of carbonyl (C=O) groups is 1. The molecule has 8 heteroatoms. The van der Waals surface area contributed by atoms with Crippen molar-refractivity contribution in [3.05, 3.63) is 47.2 Å². The molecule has 1 saturated heterocycles. The van der Waals surface area contributed by atoms with Gasteiger partial charge in [-0.1, -0.05) is 30.0 Å². The fourth-order valence-electron chi connectivity index (χ4n) is 3.11. The summed E-state index contributed by atoms with van der Waals surface area (Å²) in [6, 6.07) is 8.66. The summed E-state index contributed by atoms with van der Waals surface area (Å²) >= 11 is 1.32. The van der Waals surface area contributed by atoms with Crippen molar-refractivity contribution >= 4 is 28.7 Å². The van der Waals surface area contributed by atoms with Crippen LogP contribution in [0.15, 0.2) is 46.0 Å². The molecule has 25 heavy (non-hydrogen) atoms. The monoisotopic (exact) mass is 352 g/mol. The minimum absolute atomic E-state index is 0.227. The number of rotatable bonds is 3. The van der Waals surface area contributed by atoms with Crippen molar-refractivity contribution in [2.45, 2.75) is 23.8 Å². The topological polar surface area (TPSA) is 130 Å². The van der Waals surface area contributed by atoms with Gasteiger partial charge in [-0.2, -0.15) is 5.26 Å². The van der Waals surface area contributed by atoms with Crippen LogP contribution in [0, 0.1) is 17.2 Å². The average Bonchev–Trinajstić information content (AvgIpc) is 3.36. The first-order chi connectivity index (χ1) is 12.1. The SMILES string of the molecule is N#Cc1cccc(C2N=C(NC3=CC3)N=C3SC(C(N)=O)C(N)C32)c1. The highest BCUT2D eigenvalue weighted by molar-refractivity contribution is 8.15. The number of hydrogen-bond donors (Lipinski definition) is 3. The molecule has 3 aliphatic rings. The van der Waals surface area contributed by atoms with Crippen LogP contribution in [0.25, 0.3) is 0 Å². The molecule has 7 nitrogen and oxygen atoms in total. The Labute approximate surface area is 148 Å². The highest BCUT2D eigenvalue weighted by Gasteiger charge is 2.48. The van der Waals surface area contributed by atoms with E-state index < -0.39 is 17.2 Å². The highest BCUT2D eigenvalue weighted by Crippen LogP contribution is 2.44. The number of thioether (sulfide) groups is 1. The smallest absolute Gasteiger partial charge is 0.232 e. The fraction of sp³-hybridized carbons (Fsp3) is 0.294. The van der Waals surface area contributed by atoms with Gasteiger partial charge in [0.1, 0.15) is 5.25 Å². The molecular formula is C17H16N6OS. The van der Waals surface area contributed by atoms with Gasteiger partial charge in [0.05, 0.1) is 28.6 Å². The third kappa shape index (κ3) is 2.92. The van der Waals surface area contributed by atoms with Crippen LogP contribution in [0.3, 0.4) is 0 Å². The Morgan fingerprint density at radius 2 is 2.24 bits per heavy atom. The summed E-state index contributed by atoms with van der Waals surface area (Å²) in [4.78, 5) is 21.0. The molecule has 126 valence electrons. The van der Waals surface area contributed by atoms with Crippen LogP contribution < -0.4 is 16.8 Å². The number of nitrogens with zero attached hydrogens (tertiary/aromatic N) is 3. The Balaban J connectivity index is 1.75. The Kier molecular flexibility index (Phi) is 3.82. The Bertz CT molecular complexity index is 883. The molecule has 1 amide bonds. The number of allylic oxidation sites excluding steroid dienone is 2. The number of hydrogen-bond acceptors (Lipinski definition) is 7. The standard InChI is InChI=1S/C17H16N6OS/c18-7-8-2-1-3-9(6-8)13-11-12(19)14(15(20)24)25-16(11)23-17(22-13)21-10-4-5-10/h1-4,6,11-14H,5,19H2,(H2,20,24)(H,21,22). The van der Waals surface area contributed by atoms with Gasteiger partial charge in [0, 0.05) is 18.2 Å². The second-order valence-corrected chi connectivity index (χ2v) is 7.35. The average molecular weight is 352 g/mol. The van der Waals surface area contributed by atoms with E-state index in [2.05, 4.69) is 16.4 Å². The van der Waals surface area contributed by atoms with Gasteiger partial charge in [-0.3, -0.25) is 4.79 Å². The van der Waals surface area contributed by atoms with E-state index in [1.54, 1.807) is 12.1 Å². The molecule has 4 atom stereocenters. The molecule has 4 rings (SSSR count). The normalized spacial score (nSPS) is 29.7. The van der Waals surface area contributed by atoms with Crippen LogP contribution in [-0.4, -0.2) is 28.2 Å². The fourth-order valence-corrected chi connectivity index (χ4v) is 4.40. The van der Waals surface area contributed by atoms with Crippen LogP contribution in [0.4, 0.5) is 0 Å². The molecule has 1 aromatic carbocycles. The molecule has 1 aromatic rings. The highest BCUT2D eigenvalue weighted by atomic mass is 32.2. The Morgan fingerprint density at radius 1 is 1.44 bits per heavy atom. The quantitative estimate of drug-likeness (QED) is 0.740. The van der Waals surface area contributed by atoms with E-state index in [1.807, 2.05) is 18.2 Å². The summed E-state index contributed by atoms with van der Waals surface area (Å²) in [5.41, 5.74) is 14.3. The van der Waals surface area contributed by atoms with Crippen molar-refractivity contribution < 1.29 is 4.79 Å². The number of amides is 1. The molecule has 1 aliphatic carbocycles. The predicted octanol–water partition coefficient (Wildman–Crippen LogP) is 0.789. The summed E-state index contributed by atoms with van der Waals surface area (Å²) < 4.78 is 0. The number of fused-ring (bicyclic) bond motifs is 1. The second-order valence-electron chi connectivity index (χ2n) is 6.19. The lowest BCUT2D eigenvalue weighted by Crippen LogP contribution is -2.45. The Hall–Kier alpha value is -2.63. The van der Waals surface area contributed by atoms with Crippen molar-refractivity contribution in [1.29, 1.82) is 5.26 Å². The lowest BCUT2D eigenvalue weighted by atomic mass is 9.86. The first-order valence-corrected chi connectivity index (χ1v) is 8.79. The minimum Gasteiger partial charge on any atom is -0.369 e. The minimum atomic E-state index is -0.528. The molecular weight excluding hydrogens is 336 g/mol. The molecule has 4 unspecified atom stereocenters. The van der Waals surface area contributed by atoms with Gasteiger partial charge in [0.25, 0.3) is 0 Å². The molecule has 1 fully saturated rings. The van der Waals surface area contributed by atoms with E-state index >= 15 is 0 Å².